The zero-order valence-corrected chi connectivity index (χ0v) is 19.3. The zero-order chi connectivity index (χ0) is 22.7. The van der Waals surface area contributed by atoms with Crippen LogP contribution in [0.3, 0.4) is 0 Å². The summed E-state index contributed by atoms with van der Waals surface area (Å²) in [6, 6.07) is 21.8. The lowest BCUT2D eigenvalue weighted by Crippen LogP contribution is -2.31. The fraction of sp³-hybridized carbons (Fsp3) is 0.167. The molecule has 1 heterocycles. The maximum absolute atomic E-state index is 13.6. The van der Waals surface area contributed by atoms with Crippen LogP contribution in [0.15, 0.2) is 82.1 Å². The van der Waals surface area contributed by atoms with E-state index in [2.05, 4.69) is 10.2 Å². The number of hydrogen-bond donors (Lipinski definition) is 0. The number of hydrogen-bond acceptors (Lipinski definition) is 5. The van der Waals surface area contributed by atoms with E-state index in [1.807, 2.05) is 49.4 Å². The van der Waals surface area contributed by atoms with Crippen molar-refractivity contribution in [1.29, 1.82) is 0 Å². The summed E-state index contributed by atoms with van der Waals surface area (Å²) in [7, 11) is -3.82. The summed E-state index contributed by atoms with van der Waals surface area (Å²) in [6.45, 7) is 3.79. The third-order valence-corrected chi connectivity index (χ3v) is 7.22. The van der Waals surface area contributed by atoms with E-state index in [4.69, 9.17) is 16.0 Å². The van der Waals surface area contributed by atoms with Gasteiger partial charge in [-0.15, -0.1) is 10.2 Å². The molecule has 6 nitrogen and oxygen atoms in total. The van der Waals surface area contributed by atoms with Crippen LogP contribution in [0, 0.1) is 13.8 Å². The first-order valence-electron chi connectivity index (χ1n) is 10.0. The minimum absolute atomic E-state index is 0.0504. The molecule has 0 aliphatic rings. The Bertz CT molecular complexity index is 1320. The van der Waals surface area contributed by atoms with Crippen LogP contribution in [-0.2, 0) is 23.1 Å². The summed E-state index contributed by atoms with van der Waals surface area (Å²) < 4.78 is 34.5. The average molecular weight is 468 g/mol. The number of rotatable bonds is 7. The van der Waals surface area contributed by atoms with Gasteiger partial charge in [-0.2, -0.15) is 4.31 Å². The van der Waals surface area contributed by atoms with Crippen LogP contribution < -0.4 is 0 Å². The van der Waals surface area contributed by atoms with E-state index in [1.54, 1.807) is 37.3 Å². The fourth-order valence-electron chi connectivity index (χ4n) is 3.31. The summed E-state index contributed by atoms with van der Waals surface area (Å²) in [6.07, 6.45) is 0. The van der Waals surface area contributed by atoms with Gasteiger partial charge in [-0.1, -0.05) is 54.1 Å². The van der Waals surface area contributed by atoms with Crippen LogP contribution in [0.5, 0.6) is 0 Å². The number of benzene rings is 3. The van der Waals surface area contributed by atoms with Crippen molar-refractivity contribution < 1.29 is 12.8 Å². The molecule has 0 N–H and O–H groups in total. The normalized spacial score (nSPS) is 11.8. The van der Waals surface area contributed by atoms with Crippen LogP contribution in [0.1, 0.15) is 22.6 Å². The molecule has 0 aliphatic heterocycles. The first-order valence-corrected chi connectivity index (χ1v) is 11.8. The number of sulfonamides is 1. The van der Waals surface area contributed by atoms with Crippen LogP contribution in [0.4, 0.5) is 0 Å². The summed E-state index contributed by atoms with van der Waals surface area (Å²) in [5.74, 6) is 0.514. The molecule has 0 saturated heterocycles. The number of aryl methyl sites for hydroxylation is 2. The molecular weight excluding hydrogens is 446 g/mol. The van der Waals surface area contributed by atoms with Gasteiger partial charge in [0.15, 0.2) is 0 Å². The quantitative estimate of drug-likeness (QED) is 0.364. The van der Waals surface area contributed by atoms with Gasteiger partial charge >= 0.3 is 0 Å². The summed E-state index contributed by atoms with van der Waals surface area (Å²) in [5.41, 5.74) is 3.12. The molecule has 4 aromatic rings. The van der Waals surface area contributed by atoms with Gasteiger partial charge in [0, 0.05) is 17.1 Å². The predicted molar refractivity (Wildman–Crippen MR) is 124 cm³/mol. The van der Waals surface area contributed by atoms with Crippen molar-refractivity contribution in [3.63, 3.8) is 0 Å². The highest BCUT2D eigenvalue weighted by Gasteiger charge is 2.28. The SMILES string of the molecule is Cc1ccc(C)c(S(=O)(=O)N(Cc2ccccc2)Cc2nnc(-c3ccc(Cl)cc3)o2)c1. The minimum atomic E-state index is -3.82. The third-order valence-electron chi connectivity index (χ3n) is 5.03. The second-order valence-corrected chi connectivity index (χ2v) is 9.88. The van der Waals surface area contributed by atoms with E-state index in [1.165, 1.54) is 4.31 Å². The lowest BCUT2D eigenvalue weighted by molar-refractivity contribution is 0.352. The molecule has 0 amide bonds. The van der Waals surface area contributed by atoms with Crippen molar-refractivity contribution in [3.8, 4) is 11.5 Å². The van der Waals surface area contributed by atoms with Gasteiger partial charge in [0.05, 0.1) is 11.4 Å². The predicted octanol–water partition coefficient (Wildman–Crippen LogP) is 5.40. The van der Waals surface area contributed by atoms with Gasteiger partial charge in [0.2, 0.25) is 21.8 Å². The number of aromatic nitrogens is 2. The molecule has 8 heteroatoms. The summed E-state index contributed by atoms with van der Waals surface area (Å²) in [4.78, 5) is 0.269. The molecule has 0 saturated carbocycles. The van der Waals surface area contributed by atoms with Crippen molar-refractivity contribution in [2.45, 2.75) is 31.8 Å². The van der Waals surface area contributed by atoms with E-state index < -0.39 is 10.0 Å². The molecule has 0 fully saturated rings. The van der Waals surface area contributed by atoms with Gasteiger partial charge in [-0.3, -0.25) is 0 Å². The molecule has 4 rings (SSSR count). The van der Waals surface area contributed by atoms with Gasteiger partial charge in [-0.25, -0.2) is 8.42 Å². The maximum Gasteiger partial charge on any atom is 0.247 e. The molecule has 32 heavy (non-hydrogen) atoms. The topological polar surface area (TPSA) is 76.3 Å². The summed E-state index contributed by atoms with van der Waals surface area (Å²) in [5, 5.41) is 8.77. The second kappa shape index (κ2) is 9.24. The van der Waals surface area contributed by atoms with Crippen molar-refractivity contribution in [3.05, 3.63) is 100 Å². The lowest BCUT2D eigenvalue weighted by Gasteiger charge is -2.22. The highest BCUT2D eigenvalue weighted by Crippen LogP contribution is 2.26. The molecule has 0 radical (unpaired) electrons. The van der Waals surface area contributed by atoms with E-state index in [9.17, 15) is 8.42 Å². The van der Waals surface area contributed by atoms with Gasteiger partial charge < -0.3 is 4.42 Å². The highest BCUT2D eigenvalue weighted by molar-refractivity contribution is 7.89. The third kappa shape index (κ3) is 4.91. The summed E-state index contributed by atoms with van der Waals surface area (Å²) >= 11 is 5.94. The molecule has 0 atom stereocenters. The van der Waals surface area contributed by atoms with Crippen molar-refractivity contribution in [1.82, 2.24) is 14.5 Å². The zero-order valence-electron chi connectivity index (χ0n) is 17.7. The largest absolute Gasteiger partial charge is 0.419 e. The standard InChI is InChI=1S/C24H22ClN3O3S/c1-17-8-9-18(2)22(14-17)32(29,30)28(15-19-6-4-3-5-7-19)16-23-26-27-24(31-23)20-10-12-21(25)13-11-20/h3-14H,15-16H2,1-2H3. The first kappa shape index (κ1) is 22.2. The Morgan fingerprint density at radius 1 is 0.906 bits per heavy atom. The van der Waals surface area contributed by atoms with Crippen LogP contribution in [0.2, 0.25) is 5.02 Å². The van der Waals surface area contributed by atoms with Gasteiger partial charge in [0.1, 0.15) is 0 Å². The lowest BCUT2D eigenvalue weighted by atomic mass is 10.2. The van der Waals surface area contributed by atoms with E-state index in [-0.39, 0.29) is 23.9 Å². The molecule has 0 bridgehead atoms. The first-order chi connectivity index (χ1) is 15.3. The highest BCUT2D eigenvalue weighted by atomic mass is 35.5. The van der Waals surface area contributed by atoms with Crippen LogP contribution in [0.25, 0.3) is 11.5 Å². The Balaban J connectivity index is 1.69. The van der Waals surface area contributed by atoms with Crippen LogP contribution >= 0.6 is 11.6 Å². The maximum atomic E-state index is 13.6. The Hall–Kier alpha value is -3.00. The smallest absolute Gasteiger partial charge is 0.247 e. The Morgan fingerprint density at radius 2 is 1.62 bits per heavy atom. The fourth-order valence-corrected chi connectivity index (χ4v) is 5.13. The molecule has 0 spiro atoms. The molecule has 0 aliphatic carbocycles. The van der Waals surface area contributed by atoms with Gasteiger partial charge in [0.25, 0.3) is 0 Å². The Kier molecular flexibility index (Phi) is 6.41. The average Bonchev–Trinajstić information content (AvgIpc) is 3.25. The second-order valence-electron chi connectivity index (χ2n) is 7.54. The molecule has 3 aromatic carbocycles. The number of halogens is 1. The van der Waals surface area contributed by atoms with Crippen molar-refractivity contribution in [2.24, 2.45) is 0 Å². The monoisotopic (exact) mass is 467 g/mol. The Morgan fingerprint density at radius 3 is 2.34 bits per heavy atom. The van der Waals surface area contributed by atoms with Crippen molar-refractivity contribution >= 4 is 21.6 Å². The number of nitrogens with zero attached hydrogens (tertiary/aromatic N) is 3. The molecular formula is C24H22ClN3O3S. The van der Waals surface area contributed by atoms with Crippen molar-refractivity contribution in [2.75, 3.05) is 0 Å². The minimum Gasteiger partial charge on any atom is -0.419 e. The van der Waals surface area contributed by atoms with E-state index in [0.717, 1.165) is 11.1 Å². The van der Waals surface area contributed by atoms with Gasteiger partial charge in [-0.05, 0) is 60.9 Å². The molecule has 1 aromatic heterocycles. The van der Waals surface area contributed by atoms with Crippen LogP contribution in [-0.4, -0.2) is 22.9 Å². The van der Waals surface area contributed by atoms with E-state index in [0.29, 0.717) is 22.0 Å². The molecule has 164 valence electrons. The Labute approximate surface area is 192 Å². The van der Waals surface area contributed by atoms with E-state index >= 15 is 0 Å². The molecule has 0 unspecified atom stereocenters.